The van der Waals surface area contributed by atoms with Crippen molar-refractivity contribution in [2.75, 3.05) is 6.61 Å². The average molecular weight is 230 g/mol. The van der Waals surface area contributed by atoms with Crippen LogP contribution in [0.5, 0.6) is 0 Å². The number of rotatable bonds is 5. The van der Waals surface area contributed by atoms with Crippen molar-refractivity contribution >= 4 is 17.8 Å². The molecule has 7 heteroatoms. The smallest absolute Gasteiger partial charge is 0.307 e. The molecule has 1 aliphatic carbocycles. The molecule has 0 radical (unpaired) electrons. The summed E-state index contributed by atoms with van der Waals surface area (Å²) >= 11 is 0. The minimum Gasteiger partial charge on any atom is -0.481 e. The van der Waals surface area contributed by atoms with Gasteiger partial charge in [0.2, 0.25) is 11.8 Å². The van der Waals surface area contributed by atoms with Gasteiger partial charge in [-0.15, -0.1) is 0 Å². The first-order valence-electron chi connectivity index (χ1n) is 4.71. The number of hydrogen-bond donors (Lipinski definition) is 3. The fourth-order valence-electron chi connectivity index (χ4n) is 1.83. The summed E-state index contributed by atoms with van der Waals surface area (Å²) in [5, 5.41) is 8.83. The van der Waals surface area contributed by atoms with Gasteiger partial charge in [0.1, 0.15) is 0 Å². The molecule has 1 saturated carbocycles. The number of carboxylic acids is 1. The van der Waals surface area contributed by atoms with Crippen LogP contribution in [-0.4, -0.2) is 29.5 Å². The summed E-state index contributed by atoms with van der Waals surface area (Å²) in [5.41, 5.74) is 6.21. The van der Waals surface area contributed by atoms with E-state index in [4.69, 9.17) is 10.8 Å². The highest BCUT2D eigenvalue weighted by atomic mass is 16.7. The second kappa shape index (κ2) is 4.09. The largest absolute Gasteiger partial charge is 0.481 e. The van der Waals surface area contributed by atoms with Crippen LogP contribution in [0.1, 0.15) is 13.8 Å². The molecule has 0 spiro atoms. The fourth-order valence-corrected chi connectivity index (χ4v) is 1.83. The van der Waals surface area contributed by atoms with Crippen LogP contribution in [0.25, 0.3) is 0 Å². The molecule has 1 fully saturated rings. The van der Waals surface area contributed by atoms with E-state index in [1.807, 2.05) is 5.48 Å². The van der Waals surface area contributed by atoms with E-state index in [1.54, 1.807) is 13.8 Å². The van der Waals surface area contributed by atoms with Crippen LogP contribution in [-0.2, 0) is 19.2 Å². The highest BCUT2D eigenvalue weighted by Gasteiger charge is 2.66. The molecule has 0 aromatic carbocycles. The number of amides is 2. The van der Waals surface area contributed by atoms with Crippen LogP contribution in [0, 0.1) is 17.3 Å². The highest BCUT2D eigenvalue weighted by Crippen LogP contribution is 2.58. The van der Waals surface area contributed by atoms with Crippen molar-refractivity contribution in [3.63, 3.8) is 0 Å². The van der Waals surface area contributed by atoms with E-state index in [0.29, 0.717) is 0 Å². The third-order valence-corrected chi connectivity index (χ3v) is 2.76. The van der Waals surface area contributed by atoms with Crippen molar-refractivity contribution in [1.82, 2.24) is 5.48 Å². The Balaban J connectivity index is 2.45. The molecule has 0 heterocycles. The molecule has 2 atom stereocenters. The van der Waals surface area contributed by atoms with Crippen LogP contribution in [0.15, 0.2) is 0 Å². The van der Waals surface area contributed by atoms with Gasteiger partial charge in [-0.2, -0.15) is 0 Å². The van der Waals surface area contributed by atoms with Gasteiger partial charge in [0.05, 0.1) is 11.8 Å². The van der Waals surface area contributed by atoms with E-state index in [2.05, 4.69) is 4.84 Å². The highest BCUT2D eigenvalue weighted by molar-refractivity contribution is 5.91. The average Bonchev–Trinajstić information content (AvgIpc) is 2.68. The van der Waals surface area contributed by atoms with Crippen molar-refractivity contribution in [1.29, 1.82) is 0 Å². The molecule has 2 unspecified atom stereocenters. The number of hydroxylamine groups is 1. The Hall–Kier alpha value is -1.63. The minimum atomic E-state index is -1.01. The maximum Gasteiger partial charge on any atom is 0.307 e. The lowest BCUT2D eigenvalue weighted by atomic mass is 10.1. The molecule has 0 aliphatic heterocycles. The van der Waals surface area contributed by atoms with Gasteiger partial charge in [-0.05, 0) is 5.41 Å². The Kier molecular flexibility index (Phi) is 3.18. The van der Waals surface area contributed by atoms with Gasteiger partial charge in [0, 0.05) is 0 Å². The standard InChI is InChI=1S/C9H14N2O5/c1-9(2)5(6(9)8(14)15)7(13)11-16-3-4(10)12/h5-6H,3H2,1-2H3,(H2,10,12)(H,11,13)(H,14,15). The van der Waals surface area contributed by atoms with Crippen molar-refractivity contribution < 1.29 is 24.3 Å². The Labute approximate surface area is 91.9 Å². The fraction of sp³-hybridized carbons (Fsp3) is 0.667. The molecule has 0 aromatic heterocycles. The summed E-state index contributed by atoms with van der Waals surface area (Å²) in [5.74, 6) is -3.63. The summed E-state index contributed by atoms with van der Waals surface area (Å²) in [6.07, 6.45) is 0. The van der Waals surface area contributed by atoms with Crippen LogP contribution >= 0.6 is 0 Å². The van der Waals surface area contributed by atoms with Crippen LogP contribution < -0.4 is 11.2 Å². The van der Waals surface area contributed by atoms with Crippen molar-refractivity contribution in [3.05, 3.63) is 0 Å². The normalized spacial score (nSPS) is 25.9. The predicted molar refractivity (Wildman–Crippen MR) is 51.7 cm³/mol. The molecule has 1 aliphatic rings. The summed E-state index contributed by atoms with van der Waals surface area (Å²) in [4.78, 5) is 37.1. The zero-order chi connectivity index (χ0) is 12.5. The third-order valence-electron chi connectivity index (χ3n) is 2.76. The predicted octanol–water partition coefficient (Wildman–Crippen LogP) is -1.12. The van der Waals surface area contributed by atoms with Crippen LogP contribution in [0.4, 0.5) is 0 Å². The maximum atomic E-state index is 11.5. The molecule has 0 aromatic rings. The van der Waals surface area contributed by atoms with Gasteiger partial charge < -0.3 is 10.8 Å². The molecular formula is C9H14N2O5. The van der Waals surface area contributed by atoms with Crippen LogP contribution in [0.3, 0.4) is 0 Å². The van der Waals surface area contributed by atoms with Crippen molar-refractivity contribution in [3.8, 4) is 0 Å². The zero-order valence-corrected chi connectivity index (χ0v) is 9.02. The first-order valence-corrected chi connectivity index (χ1v) is 4.71. The van der Waals surface area contributed by atoms with Gasteiger partial charge in [0.25, 0.3) is 0 Å². The van der Waals surface area contributed by atoms with Gasteiger partial charge in [0.15, 0.2) is 6.61 Å². The number of nitrogens with one attached hydrogen (secondary N) is 1. The van der Waals surface area contributed by atoms with Crippen LogP contribution in [0.2, 0.25) is 0 Å². The van der Waals surface area contributed by atoms with E-state index in [9.17, 15) is 14.4 Å². The number of nitrogens with two attached hydrogens (primary N) is 1. The minimum absolute atomic E-state index is 0.434. The number of aliphatic carboxylic acids is 1. The molecule has 90 valence electrons. The lowest BCUT2D eigenvalue weighted by molar-refractivity contribution is -0.144. The quantitative estimate of drug-likeness (QED) is 0.517. The first kappa shape index (κ1) is 12.4. The number of primary amides is 1. The first-order chi connectivity index (χ1) is 7.28. The second-order valence-corrected chi connectivity index (χ2v) is 4.34. The number of carboxylic acid groups (broad SMARTS) is 1. The molecule has 0 bridgehead atoms. The monoisotopic (exact) mass is 230 g/mol. The third kappa shape index (κ3) is 2.30. The summed E-state index contributed by atoms with van der Waals surface area (Å²) in [6, 6.07) is 0. The Morgan fingerprint density at radius 2 is 1.94 bits per heavy atom. The van der Waals surface area contributed by atoms with Gasteiger partial charge in [-0.1, -0.05) is 13.8 Å². The zero-order valence-electron chi connectivity index (χ0n) is 9.02. The lowest BCUT2D eigenvalue weighted by Crippen LogP contribution is -2.31. The number of carbonyl (C=O) groups excluding carboxylic acids is 2. The second-order valence-electron chi connectivity index (χ2n) is 4.34. The summed E-state index contributed by atoms with van der Waals surface area (Å²) < 4.78 is 0. The molecule has 2 amide bonds. The maximum absolute atomic E-state index is 11.5. The van der Waals surface area contributed by atoms with E-state index in [-0.39, 0.29) is 0 Å². The Morgan fingerprint density at radius 3 is 2.31 bits per heavy atom. The molecule has 0 saturated heterocycles. The van der Waals surface area contributed by atoms with Gasteiger partial charge >= 0.3 is 5.97 Å². The van der Waals surface area contributed by atoms with E-state index >= 15 is 0 Å². The van der Waals surface area contributed by atoms with E-state index in [0.717, 1.165) is 0 Å². The number of carbonyl (C=O) groups is 3. The molecular weight excluding hydrogens is 216 g/mol. The molecule has 7 nitrogen and oxygen atoms in total. The van der Waals surface area contributed by atoms with Gasteiger partial charge in [-0.25, -0.2) is 5.48 Å². The van der Waals surface area contributed by atoms with E-state index in [1.165, 1.54) is 0 Å². The molecule has 1 rings (SSSR count). The summed E-state index contributed by atoms with van der Waals surface area (Å²) in [7, 11) is 0. The molecule has 16 heavy (non-hydrogen) atoms. The summed E-state index contributed by atoms with van der Waals surface area (Å²) in [6.45, 7) is 2.94. The lowest BCUT2D eigenvalue weighted by Gasteiger charge is -2.04. The Morgan fingerprint density at radius 1 is 1.38 bits per heavy atom. The topological polar surface area (TPSA) is 119 Å². The number of hydrogen-bond acceptors (Lipinski definition) is 4. The van der Waals surface area contributed by atoms with Gasteiger partial charge in [-0.3, -0.25) is 19.2 Å². The van der Waals surface area contributed by atoms with Crippen molar-refractivity contribution in [2.45, 2.75) is 13.8 Å². The van der Waals surface area contributed by atoms with E-state index < -0.39 is 41.6 Å². The van der Waals surface area contributed by atoms with Crippen molar-refractivity contribution in [2.24, 2.45) is 23.0 Å². The molecule has 4 N–H and O–H groups in total. The Bertz CT molecular complexity index is 339. The SMILES string of the molecule is CC1(C)C(C(=O)O)C1C(=O)NOCC(N)=O.